The summed E-state index contributed by atoms with van der Waals surface area (Å²) in [7, 11) is 0. The molecule has 0 atom stereocenters. The summed E-state index contributed by atoms with van der Waals surface area (Å²) in [5.41, 5.74) is 0. The van der Waals surface area contributed by atoms with E-state index in [9.17, 15) is 0 Å². The third kappa shape index (κ3) is 10.3. The maximum atomic E-state index is 5.71. The average molecular weight is 271 g/mol. The van der Waals surface area contributed by atoms with E-state index in [1.807, 2.05) is 0 Å². The van der Waals surface area contributed by atoms with Gasteiger partial charge in [-0.05, 0) is 6.42 Å². The molecule has 0 spiro atoms. The molecule has 1 rings (SSSR count). The van der Waals surface area contributed by atoms with E-state index in [-0.39, 0.29) is 0 Å². The minimum absolute atomic E-state index is 0.817. The van der Waals surface area contributed by atoms with Crippen LogP contribution < -0.4 is 0 Å². The number of unbranched alkanes of at least 4 members (excludes halogenated alkanes) is 9. The first-order valence-electron chi connectivity index (χ1n) is 8.39. The lowest BCUT2D eigenvalue weighted by atomic mass is 10.1. The fraction of sp³-hybridized carbons (Fsp3) is 1.00. The van der Waals surface area contributed by atoms with E-state index in [1.54, 1.807) is 0 Å². The van der Waals surface area contributed by atoms with Crippen LogP contribution >= 0.6 is 0 Å². The molecular formula is C16H33NO2. The molecule has 0 aliphatic carbocycles. The topological polar surface area (TPSA) is 21.7 Å². The Morgan fingerprint density at radius 2 is 1.32 bits per heavy atom. The second-order valence-corrected chi connectivity index (χ2v) is 5.56. The average Bonchev–Trinajstić information content (AvgIpc) is 2.46. The van der Waals surface area contributed by atoms with E-state index in [2.05, 4.69) is 12.0 Å². The normalized spacial score (nSPS) is 16.9. The van der Waals surface area contributed by atoms with E-state index in [0.29, 0.717) is 0 Å². The molecule has 1 fully saturated rings. The van der Waals surface area contributed by atoms with Gasteiger partial charge in [0.25, 0.3) is 0 Å². The maximum Gasteiger partial charge on any atom is 0.0685 e. The minimum Gasteiger partial charge on any atom is -0.379 e. The van der Waals surface area contributed by atoms with Crippen molar-refractivity contribution in [2.75, 3.05) is 32.9 Å². The van der Waals surface area contributed by atoms with Gasteiger partial charge in [0.1, 0.15) is 0 Å². The van der Waals surface area contributed by atoms with E-state index in [0.717, 1.165) is 32.9 Å². The van der Waals surface area contributed by atoms with Crippen molar-refractivity contribution in [2.24, 2.45) is 0 Å². The zero-order valence-electron chi connectivity index (χ0n) is 12.9. The van der Waals surface area contributed by atoms with Gasteiger partial charge in [-0.25, -0.2) is 0 Å². The molecule has 3 heteroatoms. The van der Waals surface area contributed by atoms with Crippen molar-refractivity contribution in [3.05, 3.63) is 0 Å². The Bertz CT molecular complexity index is 182. The standard InChI is InChI=1S/C16H33NO2/c1-2-3-4-5-6-7-8-9-10-11-14-19-17-12-15-18-16-13-17/h2-16H2,1H3. The summed E-state index contributed by atoms with van der Waals surface area (Å²) in [6.07, 6.45) is 13.8. The first-order chi connectivity index (χ1) is 9.43. The van der Waals surface area contributed by atoms with Crippen LogP contribution in [-0.4, -0.2) is 38.0 Å². The largest absolute Gasteiger partial charge is 0.379 e. The summed E-state index contributed by atoms with van der Waals surface area (Å²) >= 11 is 0. The molecule has 0 bridgehead atoms. The summed E-state index contributed by atoms with van der Waals surface area (Å²) in [5, 5.41) is 2.05. The summed E-state index contributed by atoms with van der Waals surface area (Å²) in [6, 6.07) is 0. The third-order valence-electron chi connectivity index (χ3n) is 3.74. The van der Waals surface area contributed by atoms with Crippen molar-refractivity contribution in [1.29, 1.82) is 0 Å². The second kappa shape index (κ2) is 12.9. The molecule has 0 amide bonds. The van der Waals surface area contributed by atoms with Gasteiger partial charge < -0.3 is 4.74 Å². The summed E-state index contributed by atoms with van der Waals surface area (Å²) < 4.78 is 5.28. The molecule has 0 aromatic rings. The van der Waals surface area contributed by atoms with Gasteiger partial charge in [-0.2, -0.15) is 5.06 Å². The van der Waals surface area contributed by atoms with Crippen molar-refractivity contribution in [2.45, 2.75) is 71.1 Å². The Morgan fingerprint density at radius 1 is 0.789 bits per heavy atom. The van der Waals surface area contributed by atoms with Crippen LogP contribution in [0.3, 0.4) is 0 Å². The van der Waals surface area contributed by atoms with Crippen LogP contribution in [0.4, 0.5) is 0 Å². The van der Waals surface area contributed by atoms with Crippen LogP contribution in [0.25, 0.3) is 0 Å². The molecule has 1 aliphatic heterocycles. The number of ether oxygens (including phenoxy) is 1. The third-order valence-corrected chi connectivity index (χ3v) is 3.74. The van der Waals surface area contributed by atoms with Crippen LogP contribution in [0.15, 0.2) is 0 Å². The van der Waals surface area contributed by atoms with Gasteiger partial charge >= 0.3 is 0 Å². The molecule has 0 aromatic heterocycles. The Balaban J connectivity index is 1.71. The van der Waals surface area contributed by atoms with Crippen molar-refractivity contribution < 1.29 is 9.57 Å². The van der Waals surface area contributed by atoms with Gasteiger partial charge in [0.05, 0.1) is 19.8 Å². The number of hydrogen-bond donors (Lipinski definition) is 0. The Kier molecular flexibility index (Phi) is 11.5. The van der Waals surface area contributed by atoms with Crippen molar-refractivity contribution in [3.63, 3.8) is 0 Å². The molecule has 0 radical (unpaired) electrons. The first-order valence-corrected chi connectivity index (χ1v) is 8.39. The molecule has 0 saturated carbocycles. The molecule has 1 saturated heterocycles. The maximum absolute atomic E-state index is 5.71. The molecule has 1 heterocycles. The SMILES string of the molecule is CCCCCCCCCCCCON1CCOCC1. The van der Waals surface area contributed by atoms with Crippen LogP contribution in [-0.2, 0) is 9.57 Å². The van der Waals surface area contributed by atoms with E-state index in [1.165, 1.54) is 64.2 Å². The Labute approximate surface area is 119 Å². The number of rotatable bonds is 12. The van der Waals surface area contributed by atoms with Crippen LogP contribution in [0.5, 0.6) is 0 Å². The number of nitrogens with zero attached hydrogens (tertiary/aromatic N) is 1. The van der Waals surface area contributed by atoms with Gasteiger partial charge in [-0.1, -0.05) is 64.7 Å². The zero-order chi connectivity index (χ0) is 13.6. The lowest BCUT2D eigenvalue weighted by Crippen LogP contribution is -2.36. The highest BCUT2D eigenvalue weighted by atomic mass is 16.7. The Morgan fingerprint density at radius 3 is 1.89 bits per heavy atom. The lowest BCUT2D eigenvalue weighted by molar-refractivity contribution is -0.194. The smallest absolute Gasteiger partial charge is 0.0685 e. The van der Waals surface area contributed by atoms with Gasteiger partial charge in [0, 0.05) is 13.1 Å². The molecule has 19 heavy (non-hydrogen) atoms. The Hall–Kier alpha value is -0.120. The second-order valence-electron chi connectivity index (χ2n) is 5.56. The van der Waals surface area contributed by atoms with Crippen LogP contribution in [0.1, 0.15) is 71.1 Å². The number of hydroxylamine groups is 2. The van der Waals surface area contributed by atoms with Gasteiger partial charge in [-0.15, -0.1) is 0 Å². The fourth-order valence-corrected chi connectivity index (χ4v) is 2.46. The van der Waals surface area contributed by atoms with E-state index in [4.69, 9.17) is 9.57 Å². The lowest BCUT2D eigenvalue weighted by Gasteiger charge is -2.25. The van der Waals surface area contributed by atoms with Gasteiger partial charge in [-0.3, -0.25) is 4.84 Å². The molecule has 3 nitrogen and oxygen atoms in total. The molecule has 0 unspecified atom stereocenters. The van der Waals surface area contributed by atoms with E-state index >= 15 is 0 Å². The summed E-state index contributed by atoms with van der Waals surface area (Å²) in [5.74, 6) is 0. The van der Waals surface area contributed by atoms with Crippen molar-refractivity contribution >= 4 is 0 Å². The molecule has 114 valence electrons. The minimum atomic E-state index is 0.817. The predicted molar refractivity (Wildman–Crippen MR) is 80.2 cm³/mol. The monoisotopic (exact) mass is 271 g/mol. The number of morpholine rings is 1. The summed E-state index contributed by atoms with van der Waals surface area (Å²) in [4.78, 5) is 5.71. The van der Waals surface area contributed by atoms with E-state index < -0.39 is 0 Å². The molecule has 1 aliphatic rings. The highest BCUT2D eigenvalue weighted by Gasteiger charge is 2.09. The zero-order valence-corrected chi connectivity index (χ0v) is 12.9. The van der Waals surface area contributed by atoms with Crippen molar-refractivity contribution in [3.8, 4) is 0 Å². The molecular weight excluding hydrogens is 238 g/mol. The van der Waals surface area contributed by atoms with Crippen LogP contribution in [0, 0.1) is 0 Å². The van der Waals surface area contributed by atoms with Gasteiger partial charge in [0.2, 0.25) is 0 Å². The van der Waals surface area contributed by atoms with Crippen molar-refractivity contribution in [1.82, 2.24) is 5.06 Å². The van der Waals surface area contributed by atoms with Crippen LogP contribution in [0.2, 0.25) is 0 Å². The highest BCUT2D eigenvalue weighted by molar-refractivity contribution is 4.52. The first kappa shape index (κ1) is 16.9. The highest BCUT2D eigenvalue weighted by Crippen LogP contribution is 2.10. The molecule has 0 N–H and O–H groups in total. The predicted octanol–water partition coefficient (Wildman–Crippen LogP) is 4.17. The fourth-order valence-electron chi connectivity index (χ4n) is 2.46. The molecule has 0 aromatic carbocycles. The van der Waals surface area contributed by atoms with Gasteiger partial charge in [0.15, 0.2) is 0 Å². The summed E-state index contributed by atoms with van der Waals surface area (Å²) in [6.45, 7) is 6.65. The number of hydrogen-bond acceptors (Lipinski definition) is 3. The quantitative estimate of drug-likeness (QED) is 0.497.